The number of benzene rings is 2. The molecule has 1 fully saturated rings. The van der Waals surface area contributed by atoms with Crippen LogP contribution >= 0.6 is 0 Å². The lowest BCUT2D eigenvalue weighted by Gasteiger charge is -2.22. The molecule has 3 heterocycles. The first kappa shape index (κ1) is 24.6. The predicted octanol–water partition coefficient (Wildman–Crippen LogP) is 3.74. The van der Waals surface area contributed by atoms with Crippen molar-refractivity contribution in [2.45, 2.75) is 25.3 Å². The first-order valence-corrected chi connectivity index (χ1v) is 12.4. The van der Waals surface area contributed by atoms with Crippen LogP contribution in [0.15, 0.2) is 73.2 Å². The zero-order valence-electron chi connectivity index (χ0n) is 20.8. The molecule has 0 saturated carbocycles. The minimum absolute atomic E-state index is 0.0893. The number of imidazole rings is 1. The monoisotopic (exact) mass is 498 g/mol. The fourth-order valence-electron chi connectivity index (χ4n) is 4.78. The number of carbonyl (C=O) groups excluding carboxylic acids is 2. The van der Waals surface area contributed by atoms with Gasteiger partial charge in [0.25, 0.3) is 5.91 Å². The highest BCUT2D eigenvalue weighted by molar-refractivity contribution is 6.04. The Morgan fingerprint density at radius 1 is 1.14 bits per heavy atom. The van der Waals surface area contributed by atoms with E-state index in [1.54, 1.807) is 25.6 Å². The molecule has 0 aliphatic carbocycles. The summed E-state index contributed by atoms with van der Waals surface area (Å²) in [6.45, 7) is 1.90. The maximum Gasteiger partial charge on any atom is 0.258 e. The van der Waals surface area contributed by atoms with E-state index in [0.29, 0.717) is 30.4 Å². The lowest BCUT2D eigenvalue weighted by molar-refractivity contribution is -0.120. The maximum atomic E-state index is 13.2. The zero-order valence-corrected chi connectivity index (χ0v) is 20.8. The molecule has 2 aromatic heterocycles. The summed E-state index contributed by atoms with van der Waals surface area (Å²) in [6.07, 6.45) is 7.62. The fraction of sp³-hybridized carbons (Fsp3) is 0.286. The molecule has 4 aromatic rings. The number of nitrogens with zero attached hydrogens (tertiary/aromatic N) is 4. The van der Waals surface area contributed by atoms with Gasteiger partial charge in [-0.15, -0.1) is 0 Å². The average Bonchev–Trinajstić information content (AvgIpc) is 3.67. The Bertz CT molecular complexity index is 1350. The summed E-state index contributed by atoms with van der Waals surface area (Å²) in [6, 6.07) is 17.2. The summed E-state index contributed by atoms with van der Waals surface area (Å²) < 4.78 is 7.12. The number of likely N-dealkylation sites (tertiary alicyclic amines) is 1. The van der Waals surface area contributed by atoms with Gasteiger partial charge in [-0.1, -0.05) is 30.3 Å². The lowest BCUT2D eigenvalue weighted by atomic mass is 10.1. The van der Waals surface area contributed by atoms with Crippen molar-refractivity contribution in [2.24, 2.45) is 0 Å². The van der Waals surface area contributed by atoms with Crippen LogP contribution in [-0.2, 0) is 16.0 Å². The Morgan fingerprint density at radius 3 is 2.78 bits per heavy atom. The van der Waals surface area contributed by atoms with Crippen LogP contribution in [-0.4, -0.2) is 69.2 Å². The van der Waals surface area contributed by atoms with Crippen molar-refractivity contribution in [2.75, 3.05) is 32.1 Å². The van der Waals surface area contributed by atoms with Gasteiger partial charge in [0.1, 0.15) is 0 Å². The van der Waals surface area contributed by atoms with Crippen LogP contribution in [0.1, 0.15) is 28.9 Å². The Hall–Kier alpha value is -4.08. The van der Waals surface area contributed by atoms with Crippen LogP contribution in [0.4, 0.5) is 5.95 Å². The fourth-order valence-corrected chi connectivity index (χ4v) is 4.78. The molecule has 2 N–H and O–H groups in total. The number of carbonyl (C=O) groups is 2. The molecule has 9 nitrogen and oxygen atoms in total. The van der Waals surface area contributed by atoms with Gasteiger partial charge in [0.05, 0.1) is 31.5 Å². The Morgan fingerprint density at radius 2 is 2.00 bits per heavy atom. The van der Waals surface area contributed by atoms with Crippen molar-refractivity contribution in [1.29, 1.82) is 0 Å². The van der Waals surface area contributed by atoms with Crippen LogP contribution < -0.4 is 5.32 Å². The molecule has 0 bridgehead atoms. The highest BCUT2D eigenvalue weighted by Gasteiger charge is 2.26. The lowest BCUT2D eigenvalue weighted by Crippen LogP contribution is -2.37. The van der Waals surface area contributed by atoms with E-state index in [2.05, 4.69) is 25.4 Å². The summed E-state index contributed by atoms with van der Waals surface area (Å²) in [5.41, 5.74) is 3.73. The molecule has 9 heteroatoms. The Labute approximate surface area is 215 Å². The second-order valence-corrected chi connectivity index (χ2v) is 9.22. The number of hydrogen-bond donors (Lipinski definition) is 2. The van der Waals surface area contributed by atoms with Crippen molar-refractivity contribution in [3.05, 3.63) is 84.4 Å². The number of aromatic nitrogens is 4. The Kier molecular flexibility index (Phi) is 7.53. The number of hydrogen-bond acceptors (Lipinski definition) is 6. The number of Topliss-reactive ketones (excluding diaryl/α,β-unsaturated/α-hetero) is 1. The summed E-state index contributed by atoms with van der Waals surface area (Å²) in [5, 5.41) is 9.71. The molecule has 2 aromatic carbocycles. The molecular formula is C28H30N6O3. The number of rotatable bonds is 10. The molecule has 1 aliphatic heterocycles. The van der Waals surface area contributed by atoms with Gasteiger partial charge in [-0.25, -0.2) is 4.98 Å². The predicted molar refractivity (Wildman–Crippen MR) is 141 cm³/mol. The standard InChI is InChI=1S/C28H30N6O3/c1-37-19-25-11-6-12-33(25)18-26(35)14-23-17-34(24-9-3-2-4-10-24)28(31-23)32-27(36)21-8-5-7-20(13-21)22-15-29-30-16-22/h2-5,7-10,13,15-17,25H,6,11-12,14,18-19H2,1H3,(H,29,30)(H,31,32,36)/t25-/m1/s1. The minimum Gasteiger partial charge on any atom is -0.383 e. The molecule has 190 valence electrons. The second-order valence-electron chi connectivity index (χ2n) is 9.22. The molecular weight excluding hydrogens is 468 g/mol. The number of ether oxygens (including phenoxy) is 1. The third-order valence-corrected chi connectivity index (χ3v) is 6.59. The summed E-state index contributed by atoms with van der Waals surface area (Å²) in [7, 11) is 1.69. The molecule has 1 aliphatic rings. The number of nitrogens with one attached hydrogen (secondary N) is 2. The largest absolute Gasteiger partial charge is 0.383 e. The van der Waals surface area contributed by atoms with Gasteiger partial charge in [-0.2, -0.15) is 5.10 Å². The van der Waals surface area contributed by atoms with E-state index in [4.69, 9.17) is 4.74 Å². The van der Waals surface area contributed by atoms with E-state index in [-0.39, 0.29) is 24.2 Å². The maximum absolute atomic E-state index is 13.2. The summed E-state index contributed by atoms with van der Waals surface area (Å²) in [5.74, 6) is 0.169. The SMILES string of the molecule is COC[C@H]1CCCN1CC(=O)Cc1cn(-c2ccccc2)c(NC(=O)c2cccc(-c3cn[nH]c3)c2)n1. The van der Waals surface area contributed by atoms with Crippen molar-refractivity contribution in [1.82, 2.24) is 24.6 Å². The number of ketones is 1. The van der Waals surface area contributed by atoms with Crippen molar-refractivity contribution in [3.63, 3.8) is 0 Å². The molecule has 0 unspecified atom stereocenters. The van der Waals surface area contributed by atoms with Crippen molar-refractivity contribution < 1.29 is 14.3 Å². The van der Waals surface area contributed by atoms with Gasteiger partial charge in [0.2, 0.25) is 5.95 Å². The number of amides is 1. The van der Waals surface area contributed by atoms with Gasteiger partial charge in [0.15, 0.2) is 5.78 Å². The van der Waals surface area contributed by atoms with E-state index in [1.165, 1.54) is 0 Å². The topological polar surface area (TPSA) is 105 Å². The van der Waals surface area contributed by atoms with Gasteiger partial charge in [0, 0.05) is 42.4 Å². The van der Waals surface area contributed by atoms with Crippen LogP contribution in [0.2, 0.25) is 0 Å². The van der Waals surface area contributed by atoms with E-state index >= 15 is 0 Å². The highest BCUT2D eigenvalue weighted by atomic mass is 16.5. The second kappa shape index (κ2) is 11.3. The molecule has 5 rings (SSSR count). The van der Waals surface area contributed by atoms with Gasteiger partial charge in [-0.05, 0) is 49.2 Å². The number of para-hydroxylation sites is 1. The molecule has 1 saturated heterocycles. The molecule has 0 spiro atoms. The number of methoxy groups -OCH3 is 1. The Balaban J connectivity index is 1.35. The highest BCUT2D eigenvalue weighted by Crippen LogP contribution is 2.22. The van der Waals surface area contributed by atoms with Crippen LogP contribution in [0, 0.1) is 0 Å². The molecule has 1 amide bonds. The third kappa shape index (κ3) is 5.84. The smallest absolute Gasteiger partial charge is 0.258 e. The van der Waals surface area contributed by atoms with Crippen LogP contribution in [0.3, 0.4) is 0 Å². The van der Waals surface area contributed by atoms with Crippen molar-refractivity contribution in [3.8, 4) is 16.8 Å². The molecule has 0 radical (unpaired) electrons. The summed E-state index contributed by atoms with van der Waals surface area (Å²) >= 11 is 0. The van der Waals surface area contributed by atoms with E-state index < -0.39 is 0 Å². The zero-order chi connectivity index (χ0) is 25.6. The first-order valence-electron chi connectivity index (χ1n) is 12.4. The summed E-state index contributed by atoms with van der Waals surface area (Å²) in [4.78, 5) is 33.0. The van der Waals surface area contributed by atoms with Crippen LogP contribution in [0.5, 0.6) is 0 Å². The number of aromatic amines is 1. The molecule has 1 atom stereocenters. The van der Waals surface area contributed by atoms with E-state index in [9.17, 15) is 9.59 Å². The number of H-pyrrole nitrogens is 1. The quantitative estimate of drug-likeness (QED) is 0.345. The van der Waals surface area contributed by atoms with Crippen LogP contribution in [0.25, 0.3) is 16.8 Å². The third-order valence-electron chi connectivity index (χ3n) is 6.59. The van der Waals surface area contributed by atoms with Gasteiger partial charge < -0.3 is 4.74 Å². The first-order chi connectivity index (χ1) is 18.1. The number of anilines is 1. The van der Waals surface area contributed by atoms with E-state index in [1.807, 2.05) is 59.3 Å². The van der Waals surface area contributed by atoms with Gasteiger partial charge >= 0.3 is 0 Å². The molecule has 37 heavy (non-hydrogen) atoms. The minimum atomic E-state index is -0.287. The average molecular weight is 499 g/mol. The van der Waals surface area contributed by atoms with E-state index in [0.717, 1.165) is 36.2 Å². The normalized spacial score (nSPS) is 15.6. The van der Waals surface area contributed by atoms with Crippen molar-refractivity contribution >= 4 is 17.6 Å². The van der Waals surface area contributed by atoms with Gasteiger partial charge in [-0.3, -0.25) is 29.5 Å².